The molecule has 0 atom stereocenters. The summed E-state index contributed by atoms with van der Waals surface area (Å²) in [5.74, 6) is 2.58. The Morgan fingerprint density at radius 3 is 2.35 bits per heavy atom. The summed E-state index contributed by atoms with van der Waals surface area (Å²) in [6, 6.07) is 11.9. The van der Waals surface area contributed by atoms with Crippen molar-refractivity contribution in [3.63, 3.8) is 0 Å². The molecule has 2 bridgehead atoms. The fourth-order valence-corrected chi connectivity index (χ4v) is 4.62. The van der Waals surface area contributed by atoms with Crippen molar-refractivity contribution in [1.82, 2.24) is 14.6 Å². The molecule has 3 fully saturated rings. The first kappa shape index (κ1) is 15.8. The van der Waals surface area contributed by atoms with Gasteiger partial charge in [0.1, 0.15) is 11.6 Å². The molecule has 134 valence electrons. The summed E-state index contributed by atoms with van der Waals surface area (Å²) >= 11 is 0. The van der Waals surface area contributed by atoms with Crippen LogP contribution in [-0.2, 0) is 5.41 Å². The summed E-state index contributed by atoms with van der Waals surface area (Å²) < 4.78 is 8.24. The van der Waals surface area contributed by atoms with E-state index < -0.39 is 5.60 Å². The van der Waals surface area contributed by atoms with Gasteiger partial charge in [-0.25, -0.2) is 0 Å². The van der Waals surface area contributed by atoms with Crippen molar-refractivity contribution in [2.24, 2.45) is 0 Å². The van der Waals surface area contributed by atoms with Crippen LogP contribution >= 0.6 is 0 Å². The molecule has 0 amide bonds. The second-order valence-electron chi connectivity index (χ2n) is 7.96. The second-order valence-corrected chi connectivity index (χ2v) is 7.96. The zero-order valence-electron chi connectivity index (χ0n) is 15.0. The molecule has 5 heteroatoms. The van der Waals surface area contributed by atoms with Crippen LogP contribution in [0.2, 0.25) is 0 Å². The molecular weight excluding hydrogens is 326 g/mol. The maximum Gasteiger partial charge on any atom is 0.203 e. The van der Waals surface area contributed by atoms with Gasteiger partial charge in [0.25, 0.3) is 0 Å². The van der Waals surface area contributed by atoms with Crippen LogP contribution in [-0.4, -0.2) is 25.3 Å². The first-order valence-corrected chi connectivity index (χ1v) is 9.39. The number of nitrogens with zero attached hydrogens (tertiary/aromatic N) is 3. The Morgan fingerprint density at radius 1 is 0.923 bits per heavy atom. The lowest BCUT2D eigenvalue weighted by atomic mass is 9.58. The van der Waals surface area contributed by atoms with Crippen molar-refractivity contribution >= 4 is 5.65 Å². The lowest BCUT2D eigenvalue weighted by molar-refractivity contribution is -0.0682. The Hall–Kier alpha value is -2.40. The highest BCUT2D eigenvalue weighted by atomic mass is 16.5. The van der Waals surface area contributed by atoms with Crippen LogP contribution in [0.3, 0.4) is 0 Å². The van der Waals surface area contributed by atoms with Gasteiger partial charge in [-0.05, 0) is 69.2 Å². The Morgan fingerprint density at radius 2 is 1.62 bits per heavy atom. The Bertz CT molecular complexity index is 954. The predicted molar refractivity (Wildman–Crippen MR) is 98.6 cm³/mol. The third-order valence-electron chi connectivity index (χ3n) is 6.39. The van der Waals surface area contributed by atoms with Gasteiger partial charge in [-0.15, -0.1) is 10.2 Å². The van der Waals surface area contributed by atoms with Crippen molar-refractivity contribution in [3.8, 4) is 11.5 Å². The van der Waals surface area contributed by atoms with Crippen LogP contribution in [0.15, 0.2) is 42.6 Å². The SMILES string of the molecule is Cc1ccccc1Oc1cccn2c(C34CCC(O)(CC3)CC4)nnc12. The minimum atomic E-state index is -0.443. The summed E-state index contributed by atoms with van der Waals surface area (Å²) in [4.78, 5) is 0. The van der Waals surface area contributed by atoms with Gasteiger partial charge in [0.2, 0.25) is 5.65 Å². The molecule has 3 saturated carbocycles. The molecular formula is C21H23N3O2. The molecule has 0 aliphatic heterocycles. The van der Waals surface area contributed by atoms with Crippen LogP contribution in [0.4, 0.5) is 0 Å². The van der Waals surface area contributed by atoms with Crippen molar-refractivity contribution in [1.29, 1.82) is 0 Å². The second kappa shape index (κ2) is 5.55. The topological polar surface area (TPSA) is 59.7 Å². The van der Waals surface area contributed by atoms with Crippen LogP contribution in [0.25, 0.3) is 5.65 Å². The molecule has 3 aliphatic rings. The zero-order valence-corrected chi connectivity index (χ0v) is 15.0. The number of pyridine rings is 1. The molecule has 0 unspecified atom stereocenters. The lowest BCUT2D eigenvalue weighted by Crippen LogP contribution is -2.48. The molecule has 3 aromatic rings. The minimum absolute atomic E-state index is 0.0329. The van der Waals surface area contributed by atoms with E-state index >= 15 is 0 Å². The van der Waals surface area contributed by atoms with Gasteiger partial charge in [0, 0.05) is 11.6 Å². The molecule has 0 saturated heterocycles. The van der Waals surface area contributed by atoms with E-state index in [1.165, 1.54) is 0 Å². The molecule has 2 heterocycles. The first-order valence-electron chi connectivity index (χ1n) is 9.39. The van der Waals surface area contributed by atoms with Gasteiger partial charge in [0.15, 0.2) is 5.75 Å². The summed E-state index contributed by atoms with van der Waals surface area (Å²) in [5.41, 5.74) is 1.44. The lowest BCUT2D eigenvalue weighted by Gasteiger charge is -2.49. The molecule has 6 rings (SSSR count). The summed E-state index contributed by atoms with van der Waals surface area (Å²) in [6.07, 6.45) is 7.55. The number of hydrogen-bond acceptors (Lipinski definition) is 4. The number of aryl methyl sites for hydroxylation is 1. The minimum Gasteiger partial charge on any atom is -0.453 e. The molecule has 2 aromatic heterocycles. The molecule has 3 aliphatic carbocycles. The van der Waals surface area contributed by atoms with E-state index in [-0.39, 0.29) is 5.41 Å². The van der Waals surface area contributed by atoms with E-state index in [1.807, 2.05) is 49.5 Å². The third kappa shape index (κ3) is 2.34. The average Bonchev–Trinajstić information content (AvgIpc) is 3.11. The van der Waals surface area contributed by atoms with Crippen molar-refractivity contribution in [2.75, 3.05) is 0 Å². The zero-order chi connectivity index (χ0) is 17.8. The number of benzene rings is 1. The van der Waals surface area contributed by atoms with Crippen LogP contribution in [0, 0.1) is 6.92 Å². The maximum absolute atomic E-state index is 10.5. The van der Waals surface area contributed by atoms with Crippen molar-refractivity contribution in [2.45, 2.75) is 56.5 Å². The number of ether oxygens (including phenoxy) is 1. The molecule has 0 spiro atoms. The van der Waals surface area contributed by atoms with E-state index in [9.17, 15) is 5.11 Å². The van der Waals surface area contributed by atoms with Crippen LogP contribution < -0.4 is 4.74 Å². The van der Waals surface area contributed by atoms with Gasteiger partial charge >= 0.3 is 0 Å². The normalized spacial score (nSPS) is 27.8. The number of aromatic nitrogens is 3. The molecule has 1 aromatic carbocycles. The summed E-state index contributed by atoms with van der Waals surface area (Å²) in [6.45, 7) is 2.04. The third-order valence-corrected chi connectivity index (χ3v) is 6.39. The van der Waals surface area contributed by atoms with E-state index in [0.29, 0.717) is 0 Å². The summed E-state index contributed by atoms with van der Waals surface area (Å²) in [5, 5.41) is 19.6. The fourth-order valence-electron chi connectivity index (χ4n) is 4.62. The monoisotopic (exact) mass is 349 g/mol. The van der Waals surface area contributed by atoms with Gasteiger partial charge in [-0.3, -0.25) is 4.40 Å². The standard InChI is InChI=1S/C21H23N3O2/c1-15-5-2-3-6-16(15)26-17-7-4-14-24-18(17)22-23-19(24)20-8-11-21(25,12-9-20)13-10-20/h2-7,14,25H,8-13H2,1H3. The number of rotatable bonds is 3. The average molecular weight is 349 g/mol. The number of aliphatic hydroxyl groups is 1. The van der Waals surface area contributed by atoms with Crippen molar-refractivity contribution < 1.29 is 9.84 Å². The largest absolute Gasteiger partial charge is 0.453 e. The number of para-hydroxylation sites is 1. The maximum atomic E-state index is 10.5. The number of hydrogen-bond donors (Lipinski definition) is 1. The van der Waals surface area contributed by atoms with Crippen molar-refractivity contribution in [3.05, 3.63) is 54.0 Å². The highest BCUT2D eigenvalue weighted by Crippen LogP contribution is 2.53. The quantitative estimate of drug-likeness (QED) is 0.771. The van der Waals surface area contributed by atoms with E-state index in [2.05, 4.69) is 14.6 Å². The van der Waals surface area contributed by atoms with Gasteiger partial charge in [-0.2, -0.15) is 0 Å². The van der Waals surface area contributed by atoms with Crippen LogP contribution in [0.1, 0.15) is 49.9 Å². The first-order chi connectivity index (χ1) is 12.6. The highest BCUT2D eigenvalue weighted by molar-refractivity contribution is 5.56. The Balaban J connectivity index is 1.55. The summed E-state index contributed by atoms with van der Waals surface area (Å²) in [7, 11) is 0. The Labute approximate surface area is 152 Å². The van der Waals surface area contributed by atoms with Gasteiger partial charge < -0.3 is 9.84 Å². The predicted octanol–water partition coefficient (Wildman–Crippen LogP) is 4.17. The number of fused-ring (bicyclic) bond motifs is 4. The molecule has 26 heavy (non-hydrogen) atoms. The molecule has 5 nitrogen and oxygen atoms in total. The van der Waals surface area contributed by atoms with Gasteiger partial charge in [0.05, 0.1) is 5.60 Å². The molecule has 1 N–H and O–H groups in total. The smallest absolute Gasteiger partial charge is 0.203 e. The highest BCUT2D eigenvalue weighted by Gasteiger charge is 2.50. The van der Waals surface area contributed by atoms with E-state index in [0.717, 1.165) is 67.1 Å². The van der Waals surface area contributed by atoms with E-state index in [1.54, 1.807) is 0 Å². The molecule has 0 radical (unpaired) electrons. The Kier molecular flexibility index (Phi) is 3.38. The van der Waals surface area contributed by atoms with Crippen LogP contribution in [0.5, 0.6) is 11.5 Å². The van der Waals surface area contributed by atoms with E-state index in [4.69, 9.17) is 4.74 Å². The van der Waals surface area contributed by atoms with Gasteiger partial charge in [-0.1, -0.05) is 18.2 Å². The fraction of sp³-hybridized carbons (Fsp3) is 0.429.